The first-order valence-electron chi connectivity index (χ1n) is 3.42. The molecule has 0 aromatic heterocycles. The molecule has 0 amide bonds. The molecule has 1 fully saturated rings. The quantitative estimate of drug-likeness (QED) is 0.458. The minimum absolute atomic E-state index is 0.815. The van der Waals surface area contributed by atoms with Crippen molar-refractivity contribution in [2.75, 3.05) is 13.6 Å². The van der Waals surface area contributed by atoms with Crippen LogP contribution in [0.4, 0.5) is 0 Å². The van der Waals surface area contributed by atoms with Gasteiger partial charge in [-0.2, -0.15) is 0 Å². The van der Waals surface area contributed by atoms with E-state index in [1.54, 1.807) is 0 Å². The van der Waals surface area contributed by atoms with Crippen molar-refractivity contribution in [2.24, 2.45) is 5.92 Å². The summed E-state index contributed by atoms with van der Waals surface area (Å²) in [5.74, 6) is 0.917. The van der Waals surface area contributed by atoms with Crippen molar-refractivity contribution in [1.82, 2.24) is 4.90 Å². The smallest absolute Gasteiger partial charge is 0.00899 e. The third kappa shape index (κ3) is 0.873. The molecule has 1 rings (SSSR count). The monoisotopic (exact) mass is 113 g/mol. The number of rotatable bonds is 0. The number of hydrogen-bond acceptors (Lipinski definition) is 1. The van der Waals surface area contributed by atoms with E-state index in [-0.39, 0.29) is 0 Å². The standard InChI is InChI=1S/C7H15N/c1-6-4-5-8(3)7(6)2/h6-7H,4-5H2,1-3H3/t6-,7?/m1/s1. The van der Waals surface area contributed by atoms with Crippen molar-refractivity contribution in [2.45, 2.75) is 26.3 Å². The molecule has 0 saturated carbocycles. The van der Waals surface area contributed by atoms with Gasteiger partial charge in [-0.05, 0) is 32.9 Å². The topological polar surface area (TPSA) is 3.24 Å². The molecular formula is C7H15N. The Balaban J connectivity index is 2.44. The maximum Gasteiger partial charge on any atom is 0.00899 e. The molecule has 1 unspecified atom stereocenters. The predicted octanol–water partition coefficient (Wildman–Crippen LogP) is 1.35. The molecule has 0 bridgehead atoms. The summed E-state index contributed by atoms with van der Waals surface area (Å²) < 4.78 is 0. The van der Waals surface area contributed by atoms with Gasteiger partial charge in [-0.1, -0.05) is 6.92 Å². The summed E-state index contributed by atoms with van der Waals surface area (Å²) >= 11 is 0. The van der Waals surface area contributed by atoms with E-state index in [2.05, 4.69) is 25.8 Å². The van der Waals surface area contributed by atoms with Crippen LogP contribution in [0, 0.1) is 5.92 Å². The van der Waals surface area contributed by atoms with Gasteiger partial charge in [-0.3, -0.25) is 0 Å². The van der Waals surface area contributed by atoms with Gasteiger partial charge in [0.15, 0.2) is 0 Å². The first kappa shape index (κ1) is 6.09. The summed E-state index contributed by atoms with van der Waals surface area (Å²) in [5, 5.41) is 0. The van der Waals surface area contributed by atoms with Gasteiger partial charge in [0.1, 0.15) is 0 Å². The highest BCUT2D eigenvalue weighted by Gasteiger charge is 2.23. The van der Waals surface area contributed by atoms with Gasteiger partial charge >= 0.3 is 0 Å². The van der Waals surface area contributed by atoms with Gasteiger partial charge in [0, 0.05) is 6.04 Å². The Bertz CT molecular complexity index is 70.5. The fraction of sp³-hybridized carbons (Fsp3) is 1.00. The summed E-state index contributed by atoms with van der Waals surface area (Å²) in [7, 11) is 2.20. The van der Waals surface area contributed by atoms with Crippen LogP contribution in [0.15, 0.2) is 0 Å². The van der Waals surface area contributed by atoms with Crippen LogP contribution >= 0.6 is 0 Å². The molecule has 1 saturated heterocycles. The predicted molar refractivity (Wildman–Crippen MR) is 35.9 cm³/mol. The molecule has 0 N–H and O–H groups in total. The Labute approximate surface area is 51.7 Å². The van der Waals surface area contributed by atoms with Crippen molar-refractivity contribution in [3.8, 4) is 0 Å². The van der Waals surface area contributed by atoms with E-state index in [0.29, 0.717) is 0 Å². The van der Waals surface area contributed by atoms with Crippen LogP contribution in [-0.4, -0.2) is 24.5 Å². The summed E-state index contributed by atoms with van der Waals surface area (Å²) in [4.78, 5) is 2.42. The number of likely N-dealkylation sites (tertiary alicyclic amines) is 1. The van der Waals surface area contributed by atoms with E-state index in [0.717, 1.165) is 12.0 Å². The zero-order valence-corrected chi connectivity index (χ0v) is 6.02. The summed E-state index contributed by atoms with van der Waals surface area (Å²) in [6, 6.07) is 0.815. The molecule has 2 atom stereocenters. The minimum atomic E-state index is 0.815. The average molecular weight is 113 g/mol. The van der Waals surface area contributed by atoms with E-state index in [1.807, 2.05) is 0 Å². The fourth-order valence-corrected chi connectivity index (χ4v) is 1.29. The molecule has 0 spiro atoms. The zero-order chi connectivity index (χ0) is 6.15. The molecule has 0 aliphatic carbocycles. The maximum atomic E-state index is 2.42. The van der Waals surface area contributed by atoms with E-state index >= 15 is 0 Å². The molecule has 8 heavy (non-hydrogen) atoms. The van der Waals surface area contributed by atoms with Crippen molar-refractivity contribution in [3.05, 3.63) is 0 Å². The van der Waals surface area contributed by atoms with Crippen LogP contribution in [-0.2, 0) is 0 Å². The average Bonchev–Trinajstić information content (AvgIpc) is 1.98. The normalized spacial score (nSPS) is 40.9. The van der Waals surface area contributed by atoms with Crippen LogP contribution in [0.2, 0.25) is 0 Å². The van der Waals surface area contributed by atoms with Gasteiger partial charge in [0.05, 0.1) is 0 Å². The van der Waals surface area contributed by atoms with Crippen molar-refractivity contribution in [1.29, 1.82) is 0 Å². The van der Waals surface area contributed by atoms with Crippen LogP contribution < -0.4 is 0 Å². The van der Waals surface area contributed by atoms with Gasteiger partial charge in [-0.15, -0.1) is 0 Å². The lowest BCUT2D eigenvalue weighted by atomic mass is 10.1. The summed E-state index contributed by atoms with van der Waals surface area (Å²) in [6.45, 7) is 5.92. The molecule has 1 heterocycles. The van der Waals surface area contributed by atoms with Crippen molar-refractivity contribution in [3.63, 3.8) is 0 Å². The van der Waals surface area contributed by atoms with Gasteiger partial charge < -0.3 is 4.90 Å². The third-order valence-corrected chi connectivity index (χ3v) is 2.46. The highest BCUT2D eigenvalue weighted by Crippen LogP contribution is 2.20. The molecule has 1 nitrogen and oxygen atoms in total. The molecule has 1 heteroatoms. The lowest BCUT2D eigenvalue weighted by molar-refractivity contribution is 0.301. The van der Waals surface area contributed by atoms with Crippen LogP contribution in [0.25, 0.3) is 0 Å². The Kier molecular flexibility index (Phi) is 1.57. The fourth-order valence-electron chi connectivity index (χ4n) is 1.29. The van der Waals surface area contributed by atoms with Gasteiger partial charge in [-0.25, -0.2) is 0 Å². The first-order chi connectivity index (χ1) is 3.72. The van der Waals surface area contributed by atoms with Crippen LogP contribution in [0.3, 0.4) is 0 Å². The third-order valence-electron chi connectivity index (χ3n) is 2.46. The van der Waals surface area contributed by atoms with E-state index in [1.165, 1.54) is 13.0 Å². The molecule has 0 aromatic rings. The first-order valence-corrected chi connectivity index (χ1v) is 3.42. The highest BCUT2D eigenvalue weighted by molar-refractivity contribution is 4.77. The van der Waals surface area contributed by atoms with Crippen LogP contribution in [0.1, 0.15) is 20.3 Å². The molecule has 48 valence electrons. The highest BCUT2D eigenvalue weighted by atomic mass is 15.1. The molecular weight excluding hydrogens is 98.1 g/mol. The molecule has 1 aliphatic heterocycles. The largest absolute Gasteiger partial charge is 0.303 e. The Morgan fingerprint density at radius 1 is 1.38 bits per heavy atom. The van der Waals surface area contributed by atoms with Gasteiger partial charge in [0.2, 0.25) is 0 Å². The molecule has 1 aliphatic rings. The Hall–Kier alpha value is -0.0400. The Morgan fingerprint density at radius 2 is 2.00 bits per heavy atom. The van der Waals surface area contributed by atoms with Gasteiger partial charge in [0.25, 0.3) is 0 Å². The zero-order valence-electron chi connectivity index (χ0n) is 6.02. The summed E-state index contributed by atoms with van der Waals surface area (Å²) in [5.41, 5.74) is 0. The lowest BCUT2D eigenvalue weighted by Gasteiger charge is -2.16. The minimum Gasteiger partial charge on any atom is -0.303 e. The van der Waals surface area contributed by atoms with E-state index in [4.69, 9.17) is 0 Å². The second-order valence-electron chi connectivity index (χ2n) is 2.99. The Morgan fingerprint density at radius 3 is 2.12 bits per heavy atom. The van der Waals surface area contributed by atoms with E-state index in [9.17, 15) is 0 Å². The van der Waals surface area contributed by atoms with E-state index < -0.39 is 0 Å². The maximum absolute atomic E-state index is 2.42. The van der Waals surface area contributed by atoms with Crippen LogP contribution in [0.5, 0.6) is 0 Å². The second kappa shape index (κ2) is 2.06. The lowest BCUT2D eigenvalue weighted by Crippen LogP contribution is -2.24. The van der Waals surface area contributed by atoms with Crippen molar-refractivity contribution < 1.29 is 0 Å². The number of hydrogen-bond donors (Lipinski definition) is 0. The SMILES string of the molecule is CC1[C@H](C)CCN1C. The summed E-state index contributed by atoms with van der Waals surface area (Å²) in [6.07, 6.45) is 1.39. The molecule has 0 aromatic carbocycles. The van der Waals surface area contributed by atoms with Crippen molar-refractivity contribution >= 4 is 0 Å². The number of nitrogens with zero attached hydrogens (tertiary/aromatic N) is 1. The molecule has 0 radical (unpaired) electrons. The second-order valence-corrected chi connectivity index (χ2v) is 2.99.